The molecule has 8 heteroatoms. The van der Waals surface area contributed by atoms with Crippen LogP contribution in [0.3, 0.4) is 0 Å². The second kappa shape index (κ2) is 12.0. The van der Waals surface area contributed by atoms with Gasteiger partial charge in [0.1, 0.15) is 0 Å². The molecule has 35 heavy (non-hydrogen) atoms. The summed E-state index contributed by atoms with van der Waals surface area (Å²) in [6.07, 6.45) is 5.07. The Bertz CT molecular complexity index is 985. The number of anilines is 2. The molecule has 2 aromatic rings. The van der Waals surface area contributed by atoms with Crippen molar-refractivity contribution in [2.45, 2.75) is 44.7 Å². The van der Waals surface area contributed by atoms with Gasteiger partial charge in [0.15, 0.2) is 0 Å². The van der Waals surface area contributed by atoms with Gasteiger partial charge >= 0.3 is 6.03 Å². The number of nitrogen functional groups attached to an aromatic ring is 1. The fourth-order valence-electron chi connectivity index (χ4n) is 5.02. The van der Waals surface area contributed by atoms with Crippen molar-refractivity contribution in [1.82, 2.24) is 9.80 Å². The molecule has 1 saturated carbocycles. The summed E-state index contributed by atoms with van der Waals surface area (Å²) in [6, 6.07) is 15.0. The van der Waals surface area contributed by atoms with Crippen LogP contribution in [0.4, 0.5) is 16.2 Å². The molecule has 1 aliphatic heterocycles. The Morgan fingerprint density at radius 2 is 1.69 bits per heavy atom. The van der Waals surface area contributed by atoms with Crippen molar-refractivity contribution in [2.75, 3.05) is 50.0 Å². The second-order valence-electron chi connectivity index (χ2n) is 9.44. The Balaban J connectivity index is 1.55. The molecule has 1 heterocycles. The molecular weight excluding hydrogens is 442 g/mol. The van der Waals surface area contributed by atoms with Crippen molar-refractivity contribution in [3.8, 4) is 0 Å². The van der Waals surface area contributed by atoms with E-state index in [1.165, 1.54) is 0 Å². The van der Waals surface area contributed by atoms with E-state index in [2.05, 4.69) is 4.90 Å². The van der Waals surface area contributed by atoms with Gasteiger partial charge in [0.05, 0.1) is 24.6 Å². The minimum Gasteiger partial charge on any atom is -0.397 e. The maximum absolute atomic E-state index is 14.1. The molecule has 8 nitrogen and oxygen atoms in total. The Hall–Kier alpha value is -3.10. The Morgan fingerprint density at radius 3 is 2.34 bits per heavy atom. The summed E-state index contributed by atoms with van der Waals surface area (Å²) in [7, 11) is 0. The molecular formula is C27H37N5O3. The molecule has 0 atom stereocenters. The van der Waals surface area contributed by atoms with Crippen LogP contribution in [0.1, 0.15) is 48.0 Å². The number of amides is 3. The number of urea groups is 1. The number of nitrogens with two attached hydrogens (primary N) is 2. The zero-order valence-electron chi connectivity index (χ0n) is 20.4. The molecule has 0 radical (unpaired) electrons. The van der Waals surface area contributed by atoms with Crippen LogP contribution in [0.5, 0.6) is 0 Å². The van der Waals surface area contributed by atoms with E-state index in [0.29, 0.717) is 24.3 Å². The van der Waals surface area contributed by atoms with E-state index in [0.717, 1.165) is 76.2 Å². The highest BCUT2D eigenvalue weighted by molar-refractivity contribution is 5.96. The number of carbonyl (C=O) groups excluding carboxylic acids is 2. The Labute approximate surface area is 207 Å². The summed E-state index contributed by atoms with van der Waals surface area (Å²) in [4.78, 5) is 31.9. The third-order valence-corrected chi connectivity index (χ3v) is 6.98. The number of rotatable bonds is 9. The van der Waals surface area contributed by atoms with Crippen LogP contribution in [0.2, 0.25) is 0 Å². The third-order valence-electron chi connectivity index (χ3n) is 6.98. The molecule has 2 aliphatic rings. The molecule has 0 aromatic heterocycles. The SMILES string of the molecule is NC(=O)c1ccc(CN(CCCN2CCOCC2)C(=O)N(c2ccccc2N)C2CCCC2)cc1. The highest BCUT2D eigenvalue weighted by atomic mass is 16.5. The van der Waals surface area contributed by atoms with Gasteiger partial charge in [-0.15, -0.1) is 0 Å². The molecule has 0 spiro atoms. The Kier molecular flexibility index (Phi) is 8.60. The van der Waals surface area contributed by atoms with E-state index >= 15 is 0 Å². The van der Waals surface area contributed by atoms with Gasteiger partial charge in [-0.3, -0.25) is 14.6 Å². The maximum atomic E-state index is 14.1. The van der Waals surface area contributed by atoms with Gasteiger partial charge in [-0.2, -0.15) is 0 Å². The summed E-state index contributed by atoms with van der Waals surface area (Å²) in [5, 5.41) is 0. The molecule has 4 rings (SSSR count). The number of para-hydroxylation sites is 2. The highest BCUT2D eigenvalue weighted by Crippen LogP contribution is 2.33. The topological polar surface area (TPSA) is 105 Å². The zero-order valence-corrected chi connectivity index (χ0v) is 20.4. The summed E-state index contributed by atoms with van der Waals surface area (Å²) < 4.78 is 5.46. The van der Waals surface area contributed by atoms with E-state index in [-0.39, 0.29) is 12.1 Å². The minimum absolute atomic E-state index is 0.0178. The molecule has 3 amide bonds. The molecule has 0 bridgehead atoms. The predicted molar refractivity (Wildman–Crippen MR) is 138 cm³/mol. The van der Waals surface area contributed by atoms with Gasteiger partial charge in [-0.05, 0) is 49.1 Å². The van der Waals surface area contributed by atoms with E-state index in [1.54, 1.807) is 12.1 Å². The monoisotopic (exact) mass is 479 g/mol. The molecule has 2 fully saturated rings. The molecule has 188 valence electrons. The maximum Gasteiger partial charge on any atom is 0.325 e. The van der Waals surface area contributed by atoms with Crippen LogP contribution >= 0.6 is 0 Å². The smallest absolute Gasteiger partial charge is 0.325 e. The number of benzene rings is 2. The van der Waals surface area contributed by atoms with Gasteiger partial charge in [0.2, 0.25) is 5.91 Å². The molecule has 1 saturated heterocycles. The average molecular weight is 480 g/mol. The summed E-state index contributed by atoms with van der Waals surface area (Å²) in [5.74, 6) is -0.457. The fourth-order valence-corrected chi connectivity index (χ4v) is 5.02. The van der Waals surface area contributed by atoms with Crippen molar-refractivity contribution in [3.63, 3.8) is 0 Å². The number of ether oxygens (including phenoxy) is 1. The first kappa shape index (κ1) is 25.0. The van der Waals surface area contributed by atoms with E-state index in [4.69, 9.17) is 16.2 Å². The van der Waals surface area contributed by atoms with Crippen molar-refractivity contribution in [1.29, 1.82) is 0 Å². The van der Waals surface area contributed by atoms with Crippen molar-refractivity contribution >= 4 is 23.3 Å². The lowest BCUT2D eigenvalue weighted by Gasteiger charge is -2.36. The lowest BCUT2D eigenvalue weighted by atomic mass is 10.1. The van der Waals surface area contributed by atoms with Gasteiger partial charge in [-0.25, -0.2) is 4.79 Å². The lowest BCUT2D eigenvalue weighted by Crippen LogP contribution is -2.48. The van der Waals surface area contributed by atoms with Gasteiger partial charge in [0, 0.05) is 44.3 Å². The summed E-state index contributed by atoms with van der Waals surface area (Å²) in [5.41, 5.74) is 14.6. The van der Waals surface area contributed by atoms with Crippen LogP contribution < -0.4 is 16.4 Å². The van der Waals surface area contributed by atoms with Gasteiger partial charge < -0.3 is 21.1 Å². The lowest BCUT2D eigenvalue weighted by molar-refractivity contribution is 0.0364. The number of carbonyl (C=O) groups is 2. The van der Waals surface area contributed by atoms with Gasteiger partial charge in [0.25, 0.3) is 0 Å². The highest BCUT2D eigenvalue weighted by Gasteiger charge is 2.32. The van der Waals surface area contributed by atoms with E-state index in [1.807, 2.05) is 46.2 Å². The van der Waals surface area contributed by atoms with Crippen molar-refractivity contribution < 1.29 is 14.3 Å². The molecule has 4 N–H and O–H groups in total. The van der Waals surface area contributed by atoms with Crippen LogP contribution in [-0.4, -0.2) is 67.2 Å². The fraction of sp³-hybridized carbons (Fsp3) is 0.481. The first-order valence-corrected chi connectivity index (χ1v) is 12.6. The van der Waals surface area contributed by atoms with Crippen LogP contribution in [0, 0.1) is 0 Å². The summed E-state index contributed by atoms with van der Waals surface area (Å²) in [6.45, 7) is 5.38. The molecule has 1 aliphatic carbocycles. The Morgan fingerprint density at radius 1 is 1.00 bits per heavy atom. The van der Waals surface area contributed by atoms with Crippen molar-refractivity contribution in [3.05, 3.63) is 59.7 Å². The van der Waals surface area contributed by atoms with Crippen LogP contribution in [0.25, 0.3) is 0 Å². The normalized spacial score (nSPS) is 16.8. The van der Waals surface area contributed by atoms with Gasteiger partial charge in [-0.1, -0.05) is 37.1 Å². The number of primary amides is 1. The number of morpholine rings is 1. The van der Waals surface area contributed by atoms with E-state index in [9.17, 15) is 9.59 Å². The summed E-state index contributed by atoms with van der Waals surface area (Å²) >= 11 is 0. The zero-order chi connectivity index (χ0) is 24.6. The number of nitrogens with zero attached hydrogens (tertiary/aromatic N) is 3. The predicted octanol–water partition coefficient (Wildman–Crippen LogP) is 3.46. The van der Waals surface area contributed by atoms with Crippen LogP contribution in [-0.2, 0) is 11.3 Å². The van der Waals surface area contributed by atoms with Crippen molar-refractivity contribution in [2.24, 2.45) is 5.73 Å². The number of hydrogen-bond acceptors (Lipinski definition) is 5. The third kappa shape index (κ3) is 6.52. The quantitative estimate of drug-likeness (QED) is 0.536. The van der Waals surface area contributed by atoms with Crippen LogP contribution in [0.15, 0.2) is 48.5 Å². The molecule has 2 aromatic carbocycles. The first-order chi connectivity index (χ1) is 17.0. The largest absolute Gasteiger partial charge is 0.397 e. The minimum atomic E-state index is -0.457. The second-order valence-corrected chi connectivity index (χ2v) is 9.44. The molecule has 0 unspecified atom stereocenters. The number of hydrogen-bond donors (Lipinski definition) is 2. The standard InChI is InChI=1S/C27H37N5O3/c28-24-8-3-4-9-25(24)32(23-6-1-2-7-23)27(34)31(15-5-14-30-16-18-35-19-17-30)20-21-10-12-22(13-11-21)26(29)33/h3-4,8-13,23H,1-2,5-7,14-20,28H2,(H2,29,33). The van der Waals surface area contributed by atoms with E-state index < -0.39 is 5.91 Å². The first-order valence-electron chi connectivity index (χ1n) is 12.6. The average Bonchev–Trinajstić information content (AvgIpc) is 3.40.